The molecule has 0 aliphatic carbocycles. The lowest BCUT2D eigenvalue weighted by molar-refractivity contribution is 0.149. The summed E-state index contributed by atoms with van der Waals surface area (Å²) in [6, 6.07) is 17.6. The van der Waals surface area contributed by atoms with Crippen LogP contribution in [0.4, 0.5) is 0 Å². The lowest BCUT2D eigenvalue weighted by Gasteiger charge is -2.35. The van der Waals surface area contributed by atoms with Crippen LogP contribution >= 0.6 is 0 Å². The highest BCUT2D eigenvalue weighted by molar-refractivity contribution is 5.80. The number of H-pyrrole nitrogens is 1. The van der Waals surface area contributed by atoms with Crippen LogP contribution in [0.3, 0.4) is 0 Å². The molecule has 4 aromatic rings. The van der Waals surface area contributed by atoms with E-state index in [1.807, 2.05) is 47.1 Å². The van der Waals surface area contributed by atoms with E-state index in [2.05, 4.69) is 44.5 Å². The topological polar surface area (TPSA) is 88.9 Å². The molecule has 1 N–H and O–H groups in total. The first kappa shape index (κ1) is 22.3. The van der Waals surface area contributed by atoms with E-state index in [0.29, 0.717) is 23.9 Å². The fourth-order valence-electron chi connectivity index (χ4n) is 4.76. The summed E-state index contributed by atoms with van der Waals surface area (Å²) < 4.78 is 7.26. The van der Waals surface area contributed by atoms with Gasteiger partial charge in [-0.25, -0.2) is 4.68 Å². The number of aromatic nitrogens is 5. The summed E-state index contributed by atoms with van der Waals surface area (Å²) in [6.45, 7) is 4.72. The van der Waals surface area contributed by atoms with Crippen molar-refractivity contribution in [3.05, 3.63) is 81.9 Å². The molecule has 0 spiro atoms. The van der Waals surface area contributed by atoms with Crippen molar-refractivity contribution in [2.45, 2.75) is 38.8 Å². The maximum atomic E-state index is 13.3. The first-order chi connectivity index (χ1) is 16.6. The quantitative estimate of drug-likeness (QED) is 0.455. The van der Waals surface area contributed by atoms with Gasteiger partial charge in [-0.3, -0.25) is 9.69 Å². The number of aryl methyl sites for hydroxylation is 2. The number of fused-ring (bicyclic) bond motifs is 1. The zero-order valence-corrected chi connectivity index (χ0v) is 19.6. The molecule has 176 valence electrons. The van der Waals surface area contributed by atoms with Crippen molar-refractivity contribution in [3.8, 4) is 5.75 Å². The second kappa shape index (κ2) is 9.77. The number of pyridine rings is 1. The molecule has 0 amide bonds. The molecule has 8 heteroatoms. The second-order valence-electron chi connectivity index (χ2n) is 9.12. The van der Waals surface area contributed by atoms with Crippen molar-refractivity contribution in [1.82, 2.24) is 30.1 Å². The number of aromatic amines is 1. The van der Waals surface area contributed by atoms with E-state index in [9.17, 15) is 4.79 Å². The van der Waals surface area contributed by atoms with Crippen LogP contribution in [0.15, 0.2) is 59.4 Å². The summed E-state index contributed by atoms with van der Waals surface area (Å²) in [4.78, 5) is 18.7. The molecule has 5 rings (SSSR count). The van der Waals surface area contributed by atoms with Crippen molar-refractivity contribution < 1.29 is 4.74 Å². The van der Waals surface area contributed by atoms with Crippen LogP contribution < -0.4 is 10.3 Å². The van der Waals surface area contributed by atoms with E-state index in [0.717, 1.165) is 49.0 Å². The Hall–Kier alpha value is -3.52. The van der Waals surface area contributed by atoms with E-state index in [1.54, 1.807) is 7.11 Å². The van der Waals surface area contributed by atoms with Crippen LogP contribution in [-0.2, 0) is 13.0 Å². The van der Waals surface area contributed by atoms with E-state index in [1.165, 1.54) is 5.56 Å². The molecule has 3 heterocycles. The summed E-state index contributed by atoms with van der Waals surface area (Å²) in [5.74, 6) is 2.13. The standard InChI is InChI=1S/C26H30N6O2/c1-18-10-13-31(14-11-18)24(22-17-20-16-21(34-2)8-9-23(20)27-26(22)33)25-28-29-30-32(25)15-12-19-6-4-3-5-7-19/h3-9,16-18,24H,10-15H2,1-2H3,(H,27,33)/t24-/m1/s1. The van der Waals surface area contributed by atoms with Crippen LogP contribution in [0, 0.1) is 5.92 Å². The van der Waals surface area contributed by atoms with Crippen LogP contribution in [0.5, 0.6) is 5.75 Å². The average molecular weight is 459 g/mol. The molecular formula is C26H30N6O2. The Labute approximate surface area is 198 Å². The first-order valence-corrected chi connectivity index (χ1v) is 11.9. The molecule has 0 radical (unpaired) electrons. The Balaban J connectivity index is 1.56. The molecule has 1 saturated heterocycles. The Morgan fingerprint density at radius 3 is 2.68 bits per heavy atom. The summed E-state index contributed by atoms with van der Waals surface area (Å²) in [5.41, 5.74) is 2.55. The molecule has 1 aliphatic rings. The Bertz CT molecular complexity index is 1310. The van der Waals surface area contributed by atoms with Gasteiger partial charge >= 0.3 is 0 Å². The van der Waals surface area contributed by atoms with Gasteiger partial charge < -0.3 is 9.72 Å². The predicted molar refractivity (Wildman–Crippen MR) is 131 cm³/mol. The van der Waals surface area contributed by atoms with Crippen molar-refractivity contribution in [2.75, 3.05) is 20.2 Å². The average Bonchev–Trinajstić information content (AvgIpc) is 3.33. The van der Waals surface area contributed by atoms with Gasteiger partial charge in [0.05, 0.1) is 7.11 Å². The molecule has 0 saturated carbocycles. The number of rotatable bonds is 7. The van der Waals surface area contributed by atoms with Gasteiger partial charge in [-0.15, -0.1) is 5.10 Å². The molecule has 0 bridgehead atoms. The van der Waals surface area contributed by atoms with Gasteiger partial charge in [0.2, 0.25) is 0 Å². The molecule has 8 nitrogen and oxygen atoms in total. The summed E-state index contributed by atoms with van der Waals surface area (Å²) >= 11 is 0. The van der Waals surface area contributed by atoms with Gasteiger partial charge in [0.15, 0.2) is 5.82 Å². The molecular weight excluding hydrogens is 428 g/mol. The zero-order chi connectivity index (χ0) is 23.5. The monoisotopic (exact) mass is 458 g/mol. The molecule has 0 unspecified atom stereocenters. The SMILES string of the molecule is COc1ccc2[nH]c(=O)c([C@H](c3nnnn3CCc3ccccc3)N3CCC(C)CC3)cc2c1. The number of hydrogen-bond donors (Lipinski definition) is 1. The minimum Gasteiger partial charge on any atom is -0.497 e. The number of benzene rings is 2. The van der Waals surface area contributed by atoms with Crippen LogP contribution in [0.1, 0.15) is 42.8 Å². The van der Waals surface area contributed by atoms with Gasteiger partial charge in [0, 0.05) is 23.0 Å². The van der Waals surface area contributed by atoms with E-state index >= 15 is 0 Å². The first-order valence-electron chi connectivity index (χ1n) is 11.9. The number of likely N-dealkylation sites (tertiary alicyclic amines) is 1. The van der Waals surface area contributed by atoms with Crippen LogP contribution in [0.25, 0.3) is 10.9 Å². The maximum Gasteiger partial charge on any atom is 0.253 e. The smallest absolute Gasteiger partial charge is 0.253 e. The van der Waals surface area contributed by atoms with Crippen molar-refractivity contribution >= 4 is 10.9 Å². The van der Waals surface area contributed by atoms with E-state index in [-0.39, 0.29) is 11.6 Å². The Kier molecular flexibility index (Phi) is 6.40. The fraction of sp³-hybridized carbons (Fsp3) is 0.385. The number of nitrogens with zero attached hydrogens (tertiary/aromatic N) is 5. The van der Waals surface area contributed by atoms with Crippen LogP contribution in [-0.4, -0.2) is 50.3 Å². The highest BCUT2D eigenvalue weighted by atomic mass is 16.5. The third-order valence-corrected chi connectivity index (χ3v) is 6.82. The highest BCUT2D eigenvalue weighted by Crippen LogP contribution is 2.31. The number of ether oxygens (including phenoxy) is 1. The predicted octanol–water partition coefficient (Wildman–Crippen LogP) is 3.59. The third-order valence-electron chi connectivity index (χ3n) is 6.82. The number of methoxy groups -OCH3 is 1. The van der Waals surface area contributed by atoms with Crippen molar-refractivity contribution in [2.24, 2.45) is 5.92 Å². The normalized spacial score (nSPS) is 16.1. The fourth-order valence-corrected chi connectivity index (χ4v) is 4.76. The molecule has 1 aliphatic heterocycles. The van der Waals surface area contributed by atoms with E-state index in [4.69, 9.17) is 4.74 Å². The molecule has 1 fully saturated rings. The third kappa shape index (κ3) is 4.59. The van der Waals surface area contributed by atoms with E-state index < -0.39 is 0 Å². The molecule has 2 aromatic carbocycles. The molecule has 1 atom stereocenters. The van der Waals surface area contributed by atoms with Crippen LogP contribution in [0.2, 0.25) is 0 Å². The zero-order valence-electron chi connectivity index (χ0n) is 19.6. The van der Waals surface area contributed by atoms with Gasteiger partial charge in [-0.1, -0.05) is 37.3 Å². The van der Waals surface area contributed by atoms with Gasteiger partial charge in [0.1, 0.15) is 11.8 Å². The summed E-state index contributed by atoms with van der Waals surface area (Å²) in [5, 5.41) is 13.7. The lowest BCUT2D eigenvalue weighted by Crippen LogP contribution is -2.40. The summed E-state index contributed by atoms with van der Waals surface area (Å²) in [6.07, 6.45) is 2.98. The lowest BCUT2D eigenvalue weighted by atomic mass is 9.95. The number of nitrogens with one attached hydrogen (secondary N) is 1. The van der Waals surface area contributed by atoms with Crippen molar-refractivity contribution in [1.29, 1.82) is 0 Å². The Morgan fingerprint density at radius 2 is 1.91 bits per heavy atom. The second-order valence-corrected chi connectivity index (χ2v) is 9.12. The van der Waals surface area contributed by atoms with Gasteiger partial charge in [-0.2, -0.15) is 0 Å². The Morgan fingerprint density at radius 1 is 1.12 bits per heavy atom. The minimum atomic E-state index is -0.322. The number of hydrogen-bond acceptors (Lipinski definition) is 6. The summed E-state index contributed by atoms with van der Waals surface area (Å²) in [7, 11) is 1.65. The minimum absolute atomic E-state index is 0.112. The molecule has 34 heavy (non-hydrogen) atoms. The number of piperidine rings is 1. The maximum absolute atomic E-state index is 13.3. The van der Waals surface area contributed by atoms with Crippen molar-refractivity contribution in [3.63, 3.8) is 0 Å². The van der Waals surface area contributed by atoms with Gasteiger partial charge in [-0.05, 0) is 78.5 Å². The molecule has 2 aromatic heterocycles. The van der Waals surface area contributed by atoms with Gasteiger partial charge in [0.25, 0.3) is 5.56 Å². The number of tetrazole rings is 1. The highest BCUT2D eigenvalue weighted by Gasteiger charge is 2.32. The largest absolute Gasteiger partial charge is 0.497 e.